The zero-order valence-electron chi connectivity index (χ0n) is 15.6. The molecule has 0 fully saturated rings. The fraction of sp³-hybridized carbons (Fsp3) is 0.125. The highest BCUT2D eigenvalue weighted by Gasteiger charge is 2.09. The van der Waals surface area contributed by atoms with Gasteiger partial charge in [-0.15, -0.1) is 0 Å². The molecule has 0 aromatic heterocycles. The van der Waals surface area contributed by atoms with E-state index in [9.17, 15) is 4.79 Å². The van der Waals surface area contributed by atoms with Crippen LogP contribution in [0.4, 0.5) is 0 Å². The van der Waals surface area contributed by atoms with Crippen LogP contribution in [-0.2, 0) is 4.79 Å². The molecule has 0 aliphatic rings. The molecule has 2 nitrogen and oxygen atoms in total. The van der Waals surface area contributed by atoms with E-state index in [2.05, 4.69) is 56.3 Å². The average molecular weight is 468 g/mol. The van der Waals surface area contributed by atoms with Gasteiger partial charge in [0.2, 0.25) is 3.79 Å². The van der Waals surface area contributed by atoms with Crippen LogP contribution in [0.15, 0.2) is 66.7 Å². The van der Waals surface area contributed by atoms with E-state index < -0.39 is 0 Å². The van der Waals surface area contributed by atoms with Gasteiger partial charge in [-0.25, -0.2) is 0 Å². The number of carbonyl (C=O) groups excluding carboxylic acids is 1. The van der Waals surface area contributed by atoms with Crippen LogP contribution in [0.5, 0.6) is 5.75 Å². The normalized spacial score (nSPS) is 11.0. The number of hydrogen-bond donors (Lipinski definition) is 0. The van der Waals surface area contributed by atoms with E-state index >= 15 is 0 Å². The van der Waals surface area contributed by atoms with Gasteiger partial charge in [-0.2, -0.15) is 0 Å². The van der Waals surface area contributed by atoms with Gasteiger partial charge < -0.3 is 4.74 Å². The summed E-state index contributed by atoms with van der Waals surface area (Å²) in [6, 6.07) is 21.0. The Kier molecular flexibility index (Phi) is 6.11. The van der Waals surface area contributed by atoms with E-state index in [-0.39, 0.29) is 3.79 Å². The fourth-order valence-electron chi connectivity index (χ4n) is 3.19. The van der Waals surface area contributed by atoms with Crippen molar-refractivity contribution in [1.29, 1.82) is 0 Å². The molecule has 27 heavy (non-hydrogen) atoms. The second-order valence-corrected chi connectivity index (χ2v) is 7.55. The molecule has 0 spiro atoms. The minimum absolute atomic E-state index is 0.00709. The maximum absolute atomic E-state index is 11.4. The summed E-state index contributed by atoms with van der Waals surface area (Å²) >= 11 is 1.78. The minimum Gasteiger partial charge on any atom is -0.497 e. The Morgan fingerprint density at radius 3 is 2.33 bits per heavy atom. The molecule has 0 amide bonds. The van der Waals surface area contributed by atoms with Gasteiger partial charge in [-0.3, -0.25) is 4.79 Å². The molecule has 136 valence electrons. The van der Waals surface area contributed by atoms with Crippen molar-refractivity contribution in [3.05, 3.63) is 83.4 Å². The highest BCUT2D eigenvalue weighted by Crippen LogP contribution is 2.32. The highest BCUT2D eigenvalue weighted by atomic mass is 127. The average Bonchev–Trinajstić information content (AvgIpc) is 2.66. The zero-order chi connectivity index (χ0) is 19.4. The van der Waals surface area contributed by atoms with Gasteiger partial charge in [0.1, 0.15) is 5.75 Å². The predicted molar refractivity (Wildman–Crippen MR) is 121 cm³/mol. The second kappa shape index (κ2) is 8.53. The summed E-state index contributed by atoms with van der Waals surface area (Å²) in [6.07, 6.45) is 3.42. The van der Waals surface area contributed by atoms with E-state index in [0.29, 0.717) is 0 Å². The molecule has 0 aliphatic carbocycles. The maximum Gasteiger partial charge on any atom is 0.215 e. The number of benzene rings is 3. The Morgan fingerprint density at radius 1 is 0.926 bits per heavy atom. The smallest absolute Gasteiger partial charge is 0.215 e. The van der Waals surface area contributed by atoms with Crippen molar-refractivity contribution < 1.29 is 9.53 Å². The van der Waals surface area contributed by atoms with E-state index in [4.69, 9.17) is 4.74 Å². The summed E-state index contributed by atoms with van der Waals surface area (Å²) in [7, 11) is 1.65. The maximum atomic E-state index is 11.4. The van der Waals surface area contributed by atoms with Gasteiger partial charge in [-0.05, 0) is 71.5 Å². The SMILES string of the molecule is COc1ccc(-c2ccc(-c3cccc(C)c3)c(C)c2)c(/C=C/C(=O)I)c1. The monoisotopic (exact) mass is 468 g/mol. The van der Waals surface area contributed by atoms with Crippen molar-refractivity contribution in [2.24, 2.45) is 0 Å². The number of ether oxygens (including phenoxy) is 1. The van der Waals surface area contributed by atoms with Crippen LogP contribution in [0, 0.1) is 13.8 Å². The third-order valence-corrected chi connectivity index (χ3v) is 4.88. The Morgan fingerprint density at radius 2 is 1.67 bits per heavy atom. The Balaban J connectivity index is 2.06. The van der Waals surface area contributed by atoms with Crippen LogP contribution >= 0.6 is 22.6 Å². The predicted octanol–water partition coefficient (Wildman–Crippen LogP) is 6.62. The Hall–Kier alpha value is -2.40. The molecule has 3 heteroatoms. The molecule has 3 rings (SSSR count). The lowest BCUT2D eigenvalue weighted by Gasteiger charge is -2.13. The molecule has 3 aromatic rings. The second-order valence-electron chi connectivity index (χ2n) is 6.49. The molecular formula is C24H21IO2. The molecule has 0 saturated heterocycles. The van der Waals surface area contributed by atoms with Gasteiger partial charge in [0, 0.05) is 22.6 Å². The molecule has 0 heterocycles. The lowest BCUT2D eigenvalue weighted by atomic mass is 9.93. The number of rotatable bonds is 5. The van der Waals surface area contributed by atoms with Crippen LogP contribution in [0.1, 0.15) is 16.7 Å². The molecule has 3 aromatic carbocycles. The number of halogens is 1. The topological polar surface area (TPSA) is 26.3 Å². The number of aryl methyl sites for hydroxylation is 2. The summed E-state index contributed by atoms with van der Waals surface area (Å²) in [5, 5.41) is 0. The van der Waals surface area contributed by atoms with Crippen molar-refractivity contribution in [2.75, 3.05) is 7.11 Å². The number of hydrogen-bond acceptors (Lipinski definition) is 2. The largest absolute Gasteiger partial charge is 0.497 e. The number of carbonyl (C=O) groups is 1. The first kappa shape index (κ1) is 19.4. The van der Waals surface area contributed by atoms with Gasteiger partial charge in [-0.1, -0.05) is 54.1 Å². The van der Waals surface area contributed by atoms with Crippen molar-refractivity contribution in [3.8, 4) is 28.0 Å². The third-order valence-electron chi connectivity index (χ3n) is 4.52. The summed E-state index contributed by atoms with van der Waals surface area (Å²) in [6.45, 7) is 4.24. The van der Waals surface area contributed by atoms with Crippen molar-refractivity contribution in [3.63, 3.8) is 0 Å². The first-order valence-electron chi connectivity index (χ1n) is 8.71. The zero-order valence-corrected chi connectivity index (χ0v) is 17.8. The van der Waals surface area contributed by atoms with Gasteiger partial charge in [0.25, 0.3) is 0 Å². The quantitative estimate of drug-likeness (QED) is 0.239. The molecule has 0 unspecified atom stereocenters. The molecule has 0 atom stereocenters. The summed E-state index contributed by atoms with van der Waals surface area (Å²) in [5.74, 6) is 0.771. The molecular weight excluding hydrogens is 447 g/mol. The number of allylic oxidation sites excluding steroid dienone is 1. The third kappa shape index (κ3) is 4.66. The molecule has 0 aliphatic heterocycles. The first-order valence-corrected chi connectivity index (χ1v) is 9.79. The van der Waals surface area contributed by atoms with Gasteiger partial charge in [0.15, 0.2) is 0 Å². The highest BCUT2D eigenvalue weighted by molar-refractivity contribution is 14.1. The van der Waals surface area contributed by atoms with Crippen LogP contribution in [0.2, 0.25) is 0 Å². The first-order chi connectivity index (χ1) is 13.0. The van der Waals surface area contributed by atoms with E-state index in [1.807, 2.05) is 24.3 Å². The van der Waals surface area contributed by atoms with E-state index in [1.54, 1.807) is 35.8 Å². The molecule has 0 N–H and O–H groups in total. The minimum atomic E-state index is -0.00709. The van der Waals surface area contributed by atoms with Crippen LogP contribution in [-0.4, -0.2) is 10.9 Å². The van der Waals surface area contributed by atoms with Crippen molar-refractivity contribution in [2.45, 2.75) is 13.8 Å². The Bertz CT molecular complexity index is 1020. The lowest BCUT2D eigenvalue weighted by molar-refractivity contribution is -0.105. The summed E-state index contributed by atoms with van der Waals surface area (Å²) in [5.41, 5.74) is 8.08. The molecule has 0 saturated carbocycles. The van der Waals surface area contributed by atoms with E-state index in [1.165, 1.54) is 22.3 Å². The van der Waals surface area contributed by atoms with Gasteiger partial charge >= 0.3 is 0 Å². The van der Waals surface area contributed by atoms with Crippen LogP contribution in [0.3, 0.4) is 0 Å². The van der Waals surface area contributed by atoms with Crippen LogP contribution < -0.4 is 4.74 Å². The summed E-state index contributed by atoms with van der Waals surface area (Å²) < 4.78 is 5.34. The molecule has 0 radical (unpaired) electrons. The molecule has 0 bridgehead atoms. The van der Waals surface area contributed by atoms with Crippen molar-refractivity contribution in [1.82, 2.24) is 0 Å². The number of methoxy groups -OCH3 is 1. The van der Waals surface area contributed by atoms with Crippen LogP contribution in [0.25, 0.3) is 28.3 Å². The lowest BCUT2D eigenvalue weighted by Crippen LogP contribution is -1.90. The van der Waals surface area contributed by atoms with Gasteiger partial charge in [0.05, 0.1) is 7.11 Å². The standard InChI is InChI=1S/C24H21IO2/c1-16-5-4-6-18(13-16)22-10-7-19(14-17(22)2)23-11-9-21(27-3)15-20(23)8-12-24(25)26/h4-15H,1-3H3/b12-8+. The van der Waals surface area contributed by atoms with E-state index in [0.717, 1.165) is 22.4 Å². The Labute approximate surface area is 174 Å². The van der Waals surface area contributed by atoms with Crippen molar-refractivity contribution >= 4 is 32.5 Å². The fourth-order valence-corrected chi connectivity index (χ4v) is 3.37. The summed E-state index contributed by atoms with van der Waals surface area (Å²) in [4.78, 5) is 11.4.